The van der Waals surface area contributed by atoms with Gasteiger partial charge in [-0.1, -0.05) is 0 Å². The zero-order valence-corrected chi connectivity index (χ0v) is 13.9. The minimum atomic E-state index is -2.58. The summed E-state index contributed by atoms with van der Waals surface area (Å²) in [6.45, 7) is 0.372. The van der Waals surface area contributed by atoms with Crippen molar-refractivity contribution in [3.63, 3.8) is 0 Å². The van der Waals surface area contributed by atoms with E-state index in [0.717, 1.165) is 0 Å². The number of H-pyrrole nitrogens is 2. The number of hydrogen-bond donors (Lipinski definition) is 2. The van der Waals surface area contributed by atoms with Crippen molar-refractivity contribution in [1.29, 1.82) is 0 Å². The third-order valence-electron chi connectivity index (χ3n) is 2.61. The first kappa shape index (κ1) is 17.4. The lowest BCUT2D eigenvalue weighted by Crippen LogP contribution is -2.00. The molecule has 0 fully saturated rings. The average molecular weight is 369 g/mol. The van der Waals surface area contributed by atoms with Crippen LogP contribution in [0.3, 0.4) is 0 Å². The Bertz CT molecular complexity index is 507. The van der Waals surface area contributed by atoms with Crippen LogP contribution in [0.4, 0.5) is 0 Å². The standard InChI is InChI=1S/C10H15Cl2N6O3P/c11-7(9-13-5-15-17-9)1-3-20-22(19)21-4-2-8(12)10-14-6-16-18-10/h5-8,22H,1-4H2,(H,13,15,17)(H,14,16,18). The van der Waals surface area contributed by atoms with E-state index in [9.17, 15) is 4.57 Å². The van der Waals surface area contributed by atoms with Gasteiger partial charge in [0.2, 0.25) is 0 Å². The number of hydrogen-bond acceptors (Lipinski definition) is 7. The van der Waals surface area contributed by atoms with E-state index < -0.39 is 19.0 Å². The zero-order valence-electron chi connectivity index (χ0n) is 11.4. The number of nitrogens with one attached hydrogen (secondary N) is 2. The molecule has 9 nitrogen and oxygen atoms in total. The van der Waals surface area contributed by atoms with Crippen LogP contribution in [0.2, 0.25) is 0 Å². The molecule has 2 atom stereocenters. The number of aromatic nitrogens is 6. The lowest BCUT2D eigenvalue weighted by molar-refractivity contribution is 0.220. The third kappa shape index (κ3) is 5.66. The molecule has 0 spiro atoms. The molecule has 0 saturated heterocycles. The predicted molar refractivity (Wildman–Crippen MR) is 80.1 cm³/mol. The van der Waals surface area contributed by atoms with E-state index in [-0.39, 0.29) is 13.2 Å². The second-order valence-electron chi connectivity index (χ2n) is 4.17. The van der Waals surface area contributed by atoms with Crippen molar-refractivity contribution >= 4 is 31.5 Å². The molecular formula is C10H15Cl2N6O3P. The van der Waals surface area contributed by atoms with Crippen LogP contribution in [0.1, 0.15) is 35.2 Å². The van der Waals surface area contributed by atoms with E-state index in [2.05, 4.69) is 30.4 Å². The number of alkyl halides is 2. The van der Waals surface area contributed by atoms with Gasteiger partial charge in [-0.2, -0.15) is 10.2 Å². The van der Waals surface area contributed by atoms with Crippen molar-refractivity contribution in [1.82, 2.24) is 30.4 Å². The zero-order chi connectivity index (χ0) is 15.8. The molecule has 2 rings (SSSR count). The normalized spacial score (nSPS) is 15.5. The minimum absolute atomic E-state index is 0.186. The summed E-state index contributed by atoms with van der Waals surface area (Å²) in [5.74, 6) is 0.949. The molecule has 12 heteroatoms. The van der Waals surface area contributed by atoms with Crippen LogP contribution in [-0.4, -0.2) is 43.6 Å². The maximum Gasteiger partial charge on any atom is 0.319 e. The summed E-state index contributed by atoms with van der Waals surface area (Å²) in [6.07, 6.45) is 3.73. The number of aromatic amines is 2. The lowest BCUT2D eigenvalue weighted by atomic mass is 10.3. The van der Waals surface area contributed by atoms with Gasteiger partial charge in [-0.3, -0.25) is 14.8 Å². The molecule has 0 aliphatic rings. The monoisotopic (exact) mass is 368 g/mol. The van der Waals surface area contributed by atoms with E-state index in [1.807, 2.05) is 0 Å². The number of halogens is 2. The van der Waals surface area contributed by atoms with Gasteiger partial charge in [0, 0.05) is 0 Å². The van der Waals surface area contributed by atoms with E-state index in [0.29, 0.717) is 24.5 Å². The summed E-state index contributed by atoms with van der Waals surface area (Å²) in [6, 6.07) is 0. The first-order valence-electron chi connectivity index (χ1n) is 6.46. The molecule has 0 aliphatic carbocycles. The fraction of sp³-hybridized carbons (Fsp3) is 0.600. The molecule has 0 radical (unpaired) electrons. The van der Waals surface area contributed by atoms with Gasteiger partial charge in [-0.05, 0) is 12.8 Å². The van der Waals surface area contributed by atoms with Gasteiger partial charge < -0.3 is 9.05 Å². The molecule has 2 heterocycles. The van der Waals surface area contributed by atoms with Crippen molar-refractivity contribution < 1.29 is 13.6 Å². The van der Waals surface area contributed by atoms with Crippen molar-refractivity contribution in [2.45, 2.75) is 23.6 Å². The quantitative estimate of drug-likeness (QED) is 0.488. The van der Waals surface area contributed by atoms with Gasteiger partial charge in [0.05, 0.1) is 24.0 Å². The molecule has 0 aliphatic heterocycles. The molecular weight excluding hydrogens is 354 g/mol. The second-order valence-corrected chi connectivity index (χ2v) is 6.30. The van der Waals surface area contributed by atoms with Gasteiger partial charge in [0.25, 0.3) is 0 Å². The fourth-order valence-electron chi connectivity index (χ4n) is 1.53. The molecule has 0 bridgehead atoms. The third-order valence-corrected chi connectivity index (χ3v) is 4.32. The van der Waals surface area contributed by atoms with Crippen LogP contribution in [0, 0.1) is 0 Å². The highest BCUT2D eigenvalue weighted by Crippen LogP contribution is 2.29. The molecule has 122 valence electrons. The fourth-order valence-corrected chi connectivity index (χ4v) is 2.57. The SMILES string of the molecule is O=[PH](OCCC(Cl)c1nc[nH]n1)OCCC(Cl)c1nc[nH]n1. The smallest absolute Gasteiger partial charge is 0.311 e. The Balaban J connectivity index is 1.56. The van der Waals surface area contributed by atoms with Crippen LogP contribution < -0.4 is 0 Å². The number of nitrogens with zero attached hydrogens (tertiary/aromatic N) is 4. The van der Waals surface area contributed by atoms with Crippen molar-refractivity contribution in [3.05, 3.63) is 24.3 Å². The van der Waals surface area contributed by atoms with Crippen molar-refractivity contribution in [2.24, 2.45) is 0 Å². The highest BCUT2D eigenvalue weighted by atomic mass is 35.5. The van der Waals surface area contributed by atoms with E-state index in [4.69, 9.17) is 32.2 Å². The van der Waals surface area contributed by atoms with Crippen molar-refractivity contribution in [3.8, 4) is 0 Å². The summed E-state index contributed by atoms with van der Waals surface area (Å²) in [4.78, 5) is 7.85. The van der Waals surface area contributed by atoms with Crippen LogP contribution in [-0.2, 0) is 13.6 Å². The first-order valence-corrected chi connectivity index (χ1v) is 8.55. The molecule has 0 saturated carbocycles. The Morgan fingerprint density at radius 1 is 1.00 bits per heavy atom. The van der Waals surface area contributed by atoms with E-state index >= 15 is 0 Å². The summed E-state index contributed by atoms with van der Waals surface area (Å²) in [7, 11) is -2.58. The summed E-state index contributed by atoms with van der Waals surface area (Å²) in [5.41, 5.74) is 0. The topological polar surface area (TPSA) is 119 Å². The highest BCUT2D eigenvalue weighted by Gasteiger charge is 2.14. The number of rotatable bonds is 10. The summed E-state index contributed by atoms with van der Waals surface area (Å²) < 4.78 is 21.7. The minimum Gasteiger partial charge on any atom is -0.311 e. The second kappa shape index (κ2) is 9.22. The maximum absolute atomic E-state index is 11.6. The molecule has 2 aromatic rings. The average Bonchev–Trinajstić information content (AvgIpc) is 3.20. The Labute approximate surface area is 137 Å². The predicted octanol–water partition coefficient (Wildman–Crippen LogP) is 2.39. The van der Waals surface area contributed by atoms with Gasteiger partial charge in [-0.15, -0.1) is 23.2 Å². The van der Waals surface area contributed by atoms with Crippen molar-refractivity contribution in [2.75, 3.05) is 13.2 Å². The van der Waals surface area contributed by atoms with E-state index in [1.54, 1.807) is 0 Å². The van der Waals surface area contributed by atoms with Crippen LogP contribution >= 0.6 is 31.5 Å². The molecule has 22 heavy (non-hydrogen) atoms. The molecule has 0 amide bonds. The largest absolute Gasteiger partial charge is 0.319 e. The molecule has 2 unspecified atom stereocenters. The highest BCUT2D eigenvalue weighted by molar-refractivity contribution is 7.33. The molecule has 0 aromatic carbocycles. The summed E-state index contributed by atoms with van der Waals surface area (Å²) >= 11 is 12.1. The van der Waals surface area contributed by atoms with Gasteiger partial charge in [0.1, 0.15) is 12.7 Å². The molecule has 2 N–H and O–H groups in total. The maximum atomic E-state index is 11.6. The van der Waals surface area contributed by atoms with Gasteiger partial charge >= 0.3 is 8.25 Å². The Morgan fingerprint density at radius 3 is 1.82 bits per heavy atom. The lowest BCUT2D eigenvalue weighted by Gasteiger charge is -2.08. The first-order chi connectivity index (χ1) is 10.7. The molecule has 2 aromatic heterocycles. The van der Waals surface area contributed by atoms with Gasteiger partial charge in [0.15, 0.2) is 11.6 Å². The Morgan fingerprint density at radius 2 is 1.45 bits per heavy atom. The van der Waals surface area contributed by atoms with Gasteiger partial charge in [-0.25, -0.2) is 9.97 Å². The van der Waals surface area contributed by atoms with Crippen LogP contribution in [0.25, 0.3) is 0 Å². The Hall–Kier alpha value is -0.990. The summed E-state index contributed by atoms with van der Waals surface area (Å²) in [5, 5.41) is 12.0. The Kier molecular flexibility index (Phi) is 7.28. The van der Waals surface area contributed by atoms with Crippen LogP contribution in [0.15, 0.2) is 12.7 Å². The van der Waals surface area contributed by atoms with E-state index in [1.165, 1.54) is 12.7 Å². The van der Waals surface area contributed by atoms with Crippen LogP contribution in [0.5, 0.6) is 0 Å².